The third-order valence-corrected chi connectivity index (χ3v) is 5.11. The van der Waals surface area contributed by atoms with E-state index in [4.69, 9.17) is 4.74 Å². The molecule has 1 amide bonds. The molecule has 2 rings (SSSR count). The Bertz CT molecular complexity index is 961. The van der Waals surface area contributed by atoms with Gasteiger partial charge in [-0.2, -0.15) is 8.78 Å². The minimum Gasteiger partial charge on any atom is -0.452 e. The molecule has 28 heavy (non-hydrogen) atoms. The predicted molar refractivity (Wildman–Crippen MR) is 92.8 cm³/mol. The quantitative estimate of drug-likeness (QED) is 0.650. The van der Waals surface area contributed by atoms with E-state index in [9.17, 15) is 31.2 Å². The van der Waals surface area contributed by atoms with E-state index in [1.165, 1.54) is 30.1 Å². The van der Waals surface area contributed by atoms with Crippen molar-refractivity contribution in [3.8, 4) is 0 Å². The maximum Gasteiger partial charge on any atom is 0.341 e. The molecule has 150 valence electrons. The molecule has 0 atom stereocenters. The van der Waals surface area contributed by atoms with Crippen molar-refractivity contribution in [1.29, 1.82) is 0 Å². The summed E-state index contributed by atoms with van der Waals surface area (Å²) in [4.78, 5) is 24.6. The Morgan fingerprint density at radius 2 is 1.75 bits per heavy atom. The lowest BCUT2D eigenvalue weighted by Gasteiger charge is -2.17. The molecular weight excluding hydrogens is 399 g/mol. The minimum atomic E-state index is -4.76. The fraction of sp³-hybridized carbons (Fsp3) is 0.222. The number of likely N-dealkylation sites (N-methyl/N-ethyl adjacent to an activating group) is 1. The zero-order valence-corrected chi connectivity index (χ0v) is 15.5. The summed E-state index contributed by atoms with van der Waals surface area (Å²) in [6, 6.07) is 9.41. The summed E-state index contributed by atoms with van der Waals surface area (Å²) in [5.74, 6) is -5.48. The first-order valence-corrected chi connectivity index (χ1v) is 9.43. The molecular formula is C18H16F3NO5S. The number of amides is 1. The molecule has 0 unspecified atom stereocenters. The summed E-state index contributed by atoms with van der Waals surface area (Å²) in [5.41, 5.74) is 0.451. The first kappa shape index (κ1) is 21.4. The molecule has 0 N–H and O–H groups in total. The van der Waals surface area contributed by atoms with Gasteiger partial charge in [0.25, 0.3) is 5.91 Å². The van der Waals surface area contributed by atoms with Crippen LogP contribution in [0, 0.1) is 5.82 Å². The number of carbonyl (C=O) groups excluding carboxylic acids is 2. The third kappa shape index (κ3) is 5.32. The number of benzene rings is 2. The van der Waals surface area contributed by atoms with Gasteiger partial charge in [-0.15, -0.1) is 0 Å². The number of rotatable bonds is 7. The van der Waals surface area contributed by atoms with Crippen molar-refractivity contribution >= 4 is 21.7 Å². The lowest BCUT2D eigenvalue weighted by molar-refractivity contribution is -0.133. The summed E-state index contributed by atoms with van der Waals surface area (Å²) in [5, 5.41) is 0. The van der Waals surface area contributed by atoms with E-state index >= 15 is 0 Å². The van der Waals surface area contributed by atoms with Crippen LogP contribution in [0.5, 0.6) is 0 Å². The SMILES string of the molecule is CN(Cc1cccc(F)c1)C(=O)COC(=O)c1ccc(S(=O)(=O)C(F)F)cc1. The van der Waals surface area contributed by atoms with Crippen LogP contribution in [0.4, 0.5) is 13.2 Å². The van der Waals surface area contributed by atoms with Gasteiger partial charge in [0.2, 0.25) is 9.84 Å². The number of alkyl halides is 2. The highest BCUT2D eigenvalue weighted by Gasteiger charge is 2.26. The maximum atomic E-state index is 13.2. The first-order chi connectivity index (χ1) is 13.1. The fourth-order valence-electron chi connectivity index (χ4n) is 2.20. The zero-order valence-electron chi connectivity index (χ0n) is 14.6. The highest BCUT2D eigenvalue weighted by Crippen LogP contribution is 2.19. The third-order valence-electron chi connectivity index (χ3n) is 3.71. The van der Waals surface area contributed by atoms with E-state index in [0.717, 1.165) is 24.3 Å². The molecule has 2 aromatic carbocycles. The van der Waals surface area contributed by atoms with Crippen molar-refractivity contribution in [2.45, 2.75) is 17.2 Å². The predicted octanol–water partition coefficient (Wildman–Crippen LogP) is 2.64. The van der Waals surface area contributed by atoms with Crippen molar-refractivity contribution in [3.63, 3.8) is 0 Å². The second kappa shape index (κ2) is 8.87. The van der Waals surface area contributed by atoms with Gasteiger partial charge >= 0.3 is 11.7 Å². The molecule has 0 aromatic heterocycles. The van der Waals surface area contributed by atoms with Crippen LogP contribution >= 0.6 is 0 Å². The van der Waals surface area contributed by atoms with Gasteiger partial charge < -0.3 is 9.64 Å². The molecule has 0 fully saturated rings. The Hall–Kier alpha value is -2.88. The number of hydrogen-bond acceptors (Lipinski definition) is 5. The van der Waals surface area contributed by atoms with E-state index in [1.807, 2.05) is 0 Å². The Morgan fingerprint density at radius 1 is 1.11 bits per heavy atom. The van der Waals surface area contributed by atoms with Crippen LogP contribution in [-0.2, 0) is 25.9 Å². The summed E-state index contributed by atoms with van der Waals surface area (Å²) < 4.78 is 65.6. The number of esters is 1. The first-order valence-electron chi connectivity index (χ1n) is 7.89. The van der Waals surface area contributed by atoms with E-state index in [-0.39, 0.29) is 12.1 Å². The largest absolute Gasteiger partial charge is 0.452 e. The monoisotopic (exact) mass is 415 g/mol. The molecule has 0 bridgehead atoms. The van der Waals surface area contributed by atoms with Gasteiger partial charge in [0, 0.05) is 13.6 Å². The van der Waals surface area contributed by atoms with Crippen molar-refractivity contribution in [1.82, 2.24) is 4.90 Å². The van der Waals surface area contributed by atoms with Crippen molar-refractivity contribution in [3.05, 3.63) is 65.5 Å². The van der Waals surface area contributed by atoms with Gasteiger partial charge in [0.15, 0.2) is 6.61 Å². The number of carbonyl (C=O) groups is 2. The van der Waals surface area contributed by atoms with Crippen molar-refractivity contribution < 1.29 is 35.9 Å². The number of ether oxygens (including phenoxy) is 1. The van der Waals surface area contributed by atoms with E-state index in [1.54, 1.807) is 6.07 Å². The number of sulfone groups is 1. The van der Waals surface area contributed by atoms with Crippen LogP contribution in [-0.4, -0.2) is 44.6 Å². The molecule has 2 aromatic rings. The van der Waals surface area contributed by atoms with E-state index < -0.39 is 44.8 Å². The number of hydrogen-bond donors (Lipinski definition) is 0. The Kier molecular flexibility index (Phi) is 6.79. The second-order valence-electron chi connectivity index (χ2n) is 5.79. The highest BCUT2D eigenvalue weighted by atomic mass is 32.2. The Balaban J connectivity index is 1.93. The van der Waals surface area contributed by atoms with Crippen molar-refractivity contribution in [2.75, 3.05) is 13.7 Å². The zero-order chi connectivity index (χ0) is 20.9. The van der Waals surface area contributed by atoms with Crippen LogP contribution < -0.4 is 0 Å². The average molecular weight is 415 g/mol. The molecule has 6 nitrogen and oxygen atoms in total. The molecule has 10 heteroatoms. The van der Waals surface area contributed by atoms with E-state index in [0.29, 0.717) is 5.56 Å². The Labute approximate surface area is 159 Å². The highest BCUT2D eigenvalue weighted by molar-refractivity contribution is 7.91. The van der Waals surface area contributed by atoms with Crippen LogP contribution in [0.25, 0.3) is 0 Å². The molecule has 0 heterocycles. The van der Waals surface area contributed by atoms with Gasteiger partial charge in [-0.3, -0.25) is 4.79 Å². The second-order valence-corrected chi connectivity index (χ2v) is 7.70. The number of nitrogens with zero attached hydrogens (tertiary/aromatic N) is 1. The molecule has 0 spiro atoms. The molecule has 0 aliphatic heterocycles. The standard InChI is InChI=1S/C18H16F3NO5S/c1-22(10-12-3-2-4-14(19)9-12)16(23)11-27-17(24)13-5-7-15(8-6-13)28(25,26)18(20)21/h2-9,18H,10-11H2,1H3. The van der Waals surface area contributed by atoms with Crippen LogP contribution in [0.1, 0.15) is 15.9 Å². The summed E-state index contributed by atoms with van der Waals surface area (Å²) in [6.07, 6.45) is 0. The average Bonchev–Trinajstić information content (AvgIpc) is 2.65. The maximum absolute atomic E-state index is 13.2. The molecule has 0 saturated heterocycles. The summed E-state index contributed by atoms with van der Waals surface area (Å²) in [6.45, 7) is -0.490. The van der Waals surface area contributed by atoms with Gasteiger partial charge in [-0.1, -0.05) is 12.1 Å². The van der Waals surface area contributed by atoms with Crippen molar-refractivity contribution in [2.24, 2.45) is 0 Å². The van der Waals surface area contributed by atoms with Crippen LogP contribution in [0.2, 0.25) is 0 Å². The molecule has 0 aliphatic carbocycles. The summed E-state index contributed by atoms with van der Waals surface area (Å²) >= 11 is 0. The summed E-state index contributed by atoms with van der Waals surface area (Å²) in [7, 11) is -3.31. The van der Waals surface area contributed by atoms with Crippen LogP contribution in [0.3, 0.4) is 0 Å². The molecule has 0 radical (unpaired) electrons. The van der Waals surface area contributed by atoms with Gasteiger partial charge in [0.05, 0.1) is 10.5 Å². The van der Waals surface area contributed by atoms with Gasteiger partial charge in [-0.25, -0.2) is 17.6 Å². The topological polar surface area (TPSA) is 80.8 Å². The fourth-order valence-corrected chi connectivity index (χ4v) is 2.92. The van der Waals surface area contributed by atoms with E-state index in [2.05, 4.69) is 0 Å². The smallest absolute Gasteiger partial charge is 0.341 e. The lowest BCUT2D eigenvalue weighted by Crippen LogP contribution is -2.30. The van der Waals surface area contributed by atoms with Gasteiger partial charge in [0.1, 0.15) is 5.82 Å². The number of halogens is 3. The van der Waals surface area contributed by atoms with Gasteiger partial charge in [-0.05, 0) is 42.0 Å². The lowest BCUT2D eigenvalue weighted by atomic mass is 10.2. The molecule has 0 saturated carbocycles. The molecule has 0 aliphatic rings. The van der Waals surface area contributed by atoms with Crippen LogP contribution in [0.15, 0.2) is 53.4 Å². The minimum absolute atomic E-state index is 0.103. The Morgan fingerprint density at radius 3 is 2.32 bits per heavy atom. The normalized spacial score (nSPS) is 11.3.